The predicted molar refractivity (Wildman–Crippen MR) is 71.2 cm³/mol. The molecule has 3 nitrogen and oxygen atoms in total. The summed E-state index contributed by atoms with van der Waals surface area (Å²) in [5.74, 6) is -2.01. The van der Waals surface area contributed by atoms with Crippen LogP contribution in [-0.4, -0.2) is 29.1 Å². The molecule has 110 valence electrons. The van der Waals surface area contributed by atoms with Crippen LogP contribution in [0.5, 0.6) is 0 Å². The standard InChI is InChI=1S/C15H19F2NO2/c1-10(2)15(14(19)20)6-7-18(9-15)8-11-12(16)4-3-5-13(11)17/h3-5,10H,6-9H2,1-2H3,(H,19,20). The van der Waals surface area contributed by atoms with Gasteiger partial charge in [0, 0.05) is 18.7 Å². The van der Waals surface area contributed by atoms with Crippen molar-refractivity contribution in [2.75, 3.05) is 13.1 Å². The lowest BCUT2D eigenvalue weighted by Crippen LogP contribution is -2.39. The molecule has 0 aromatic heterocycles. The Labute approximate surface area is 117 Å². The number of likely N-dealkylation sites (tertiary alicyclic amines) is 1. The number of halogens is 2. The molecule has 0 saturated carbocycles. The van der Waals surface area contributed by atoms with Crippen molar-refractivity contribution in [3.05, 3.63) is 35.4 Å². The van der Waals surface area contributed by atoms with Gasteiger partial charge in [-0.3, -0.25) is 9.69 Å². The van der Waals surface area contributed by atoms with Gasteiger partial charge >= 0.3 is 5.97 Å². The van der Waals surface area contributed by atoms with Gasteiger partial charge in [0.25, 0.3) is 0 Å². The third-order valence-corrected chi connectivity index (χ3v) is 4.35. The molecular formula is C15H19F2NO2. The smallest absolute Gasteiger partial charge is 0.311 e. The highest BCUT2D eigenvalue weighted by Crippen LogP contribution is 2.38. The monoisotopic (exact) mass is 283 g/mol. The molecule has 0 aliphatic carbocycles. The van der Waals surface area contributed by atoms with Gasteiger partial charge in [0.05, 0.1) is 5.41 Å². The largest absolute Gasteiger partial charge is 0.481 e. The Morgan fingerprint density at radius 1 is 1.40 bits per heavy atom. The third kappa shape index (κ3) is 2.54. The van der Waals surface area contributed by atoms with E-state index in [1.807, 2.05) is 18.7 Å². The molecule has 2 rings (SSSR count). The second-order valence-corrected chi connectivity index (χ2v) is 5.78. The summed E-state index contributed by atoms with van der Waals surface area (Å²) in [6.45, 7) is 4.73. The van der Waals surface area contributed by atoms with Gasteiger partial charge in [0.1, 0.15) is 11.6 Å². The molecule has 1 saturated heterocycles. The van der Waals surface area contributed by atoms with Crippen molar-refractivity contribution in [2.24, 2.45) is 11.3 Å². The first-order chi connectivity index (χ1) is 9.36. The minimum atomic E-state index is -0.830. The lowest BCUT2D eigenvalue weighted by Gasteiger charge is -2.29. The first-order valence-corrected chi connectivity index (χ1v) is 6.75. The summed E-state index contributed by atoms with van der Waals surface area (Å²) >= 11 is 0. The minimum absolute atomic E-state index is 0.0115. The van der Waals surface area contributed by atoms with Crippen LogP contribution < -0.4 is 0 Å². The zero-order valence-corrected chi connectivity index (χ0v) is 11.7. The Balaban J connectivity index is 2.16. The van der Waals surface area contributed by atoms with Crippen molar-refractivity contribution >= 4 is 5.97 Å². The molecule has 5 heteroatoms. The SMILES string of the molecule is CC(C)C1(C(=O)O)CCN(Cc2c(F)cccc2F)C1. The highest BCUT2D eigenvalue weighted by molar-refractivity contribution is 5.75. The first-order valence-electron chi connectivity index (χ1n) is 6.75. The summed E-state index contributed by atoms with van der Waals surface area (Å²) in [5.41, 5.74) is -0.806. The van der Waals surface area contributed by atoms with Gasteiger partial charge in [-0.1, -0.05) is 19.9 Å². The zero-order valence-electron chi connectivity index (χ0n) is 11.7. The second-order valence-electron chi connectivity index (χ2n) is 5.78. The van der Waals surface area contributed by atoms with Crippen molar-refractivity contribution in [2.45, 2.75) is 26.8 Å². The van der Waals surface area contributed by atoms with Crippen LogP contribution in [0.25, 0.3) is 0 Å². The summed E-state index contributed by atoms with van der Waals surface area (Å²) in [6, 6.07) is 3.77. The summed E-state index contributed by atoms with van der Waals surface area (Å²) in [6.07, 6.45) is 0.510. The molecule has 1 atom stereocenters. The van der Waals surface area contributed by atoms with E-state index in [0.717, 1.165) is 0 Å². The van der Waals surface area contributed by atoms with Crippen molar-refractivity contribution in [3.8, 4) is 0 Å². The van der Waals surface area contributed by atoms with Gasteiger partial charge in [0.2, 0.25) is 0 Å². The van der Waals surface area contributed by atoms with Gasteiger partial charge in [-0.15, -0.1) is 0 Å². The van der Waals surface area contributed by atoms with E-state index in [0.29, 0.717) is 19.5 Å². The maximum absolute atomic E-state index is 13.6. The second kappa shape index (κ2) is 5.48. The average molecular weight is 283 g/mol. The van der Waals surface area contributed by atoms with Gasteiger partial charge in [0.15, 0.2) is 0 Å². The van der Waals surface area contributed by atoms with Crippen LogP contribution in [0.4, 0.5) is 8.78 Å². The number of carboxylic acids is 1. The number of carboxylic acid groups (broad SMARTS) is 1. The number of nitrogens with zero attached hydrogens (tertiary/aromatic N) is 1. The minimum Gasteiger partial charge on any atom is -0.481 e. The Hall–Kier alpha value is -1.49. The van der Waals surface area contributed by atoms with Crippen LogP contribution in [0.15, 0.2) is 18.2 Å². The molecule has 1 aliphatic rings. The van der Waals surface area contributed by atoms with Crippen molar-refractivity contribution in [1.82, 2.24) is 4.90 Å². The van der Waals surface area contributed by atoms with Crippen molar-refractivity contribution in [1.29, 1.82) is 0 Å². The van der Waals surface area contributed by atoms with E-state index in [1.54, 1.807) is 0 Å². The number of hydrogen-bond donors (Lipinski definition) is 1. The van der Waals surface area contributed by atoms with Gasteiger partial charge in [-0.05, 0) is 31.0 Å². The molecule has 1 aromatic rings. The van der Waals surface area contributed by atoms with Gasteiger partial charge < -0.3 is 5.11 Å². The maximum atomic E-state index is 13.6. The quantitative estimate of drug-likeness (QED) is 0.923. The first kappa shape index (κ1) is 14.9. The van der Waals surface area contributed by atoms with Crippen LogP contribution in [-0.2, 0) is 11.3 Å². The van der Waals surface area contributed by atoms with Crippen molar-refractivity contribution < 1.29 is 18.7 Å². The molecule has 0 spiro atoms. The summed E-state index contributed by atoms with van der Waals surface area (Å²) in [7, 11) is 0. The number of benzene rings is 1. The number of rotatable bonds is 4. The molecular weight excluding hydrogens is 264 g/mol. The molecule has 1 unspecified atom stereocenters. The van der Waals surface area contributed by atoms with E-state index in [-0.39, 0.29) is 18.0 Å². The molecule has 0 radical (unpaired) electrons. The van der Waals surface area contributed by atoms with Crippen LogP contribution in [0.2, 0.25) is 0 Å². The Morgan fingerprint density at radius 2 is 2.00 bits per heavy atom. The lowest BCUT2D eigenvalue weighted by atomic mass is 9.76. The topological polar surface area (TPSA) is 40.5 Å². The predicted octanol–water partition coefficient (Wildman–Crippen LogP) is 2.90. The molecule has 1 heterocycles. The van der Waals surface area contributed by atoms with E-state index in [4.69, 9.17) is 0 Å². The van der Waals surface area contributed by atoms with Crippen molar-refractivity contribution in [3.63, 3.8) is 0 Å². The molecule has 1 aliphatic heterocycles. The summed E-state index contributed by atoms with van der Waals surface area (Å²) < 4.78 is 27.3. The molecule has 0 amide bonds. The maximum Gasteiger partial charge on any atom is 0.311 e. The number of aliphatic carboxylic acids is 1. The Morgan fingerprint density at radius 3 is 2.45 bits per heavy atom. The summed E-state index contributed by atoms with van der Waals surface area (Å²) in [4.78, 5) is 13.3. The number of carbonyl (C=O) groups is 1. The fourth-order valence-corrected chi connectivity index (χ4v) is 2.85. The molecule has 1 fully saturated rings. The van der Waals surface area contributed by atoms with Crippen LogP contribution in [0.3, 0.4) is 0 Å². The third-order valence-electron chi connectivity index (χ3n) is 4.35. The van der Waals surface area contributed by atoms with Gasteiger partial charge in [-0.25, -0.2) is 8.78 Å². The molecule has 1 N–H and O–H groups in total. The van der Waals surface area contributed by atoms with Crippen LogP contribution in [0.1, 0.15) is 25.8 Å². The fourth-order valence-electron chi connectivity index (χ4n) is 2.85. The van der Waals surface area contributed by atoms with E-state index < -0.39 is 23.0 Å². The molecule has 1 aromatic carbocycles. The average Bonchev–Trinajstić information content (AvgIpc) is 2.79. The Bertz CT molecular complexity index is 498. The molecule has 20 heavy (non-hydrogen) atoms. The highest BCUT2D eigenvalue weighted by Gasteiger charge is 2.47. The van der Waals surface area contributed by atoms with Gasteiger partial charge in [-0.2, -0.15) is 0 Å². The highest BCUT2D eigenvalue weighted by atomic mass is 19.1. The van der Waals surface area contributed by atoms with Crippen LogP contribution >= 0.6 is 0 Å². The van der Waals surface area contributed by atoms with E-state index >= 15 is 0 Å². The summed E-state index contributed by atoms with van der Waals surface area (Å²) in [5, 5.41) is 9.45. The number of hydrogen-bond acceptors (Lipinski definition) is 2. The molecule has 0 bridgehead atoms. The fraction of sp³-hybridized carbons (Fsp3) is 0.533. The van der Waals surface area contributed by atoms with E-state index in [2.05, 4.69) is 0 Å². The zero-order chi connectivity index (χ0) is 14.9. The Kier molecular flexibility index (Phi) is 4.09. The van der Waals surface area contributed by atoms with Crippen LogP contribution in [0, 0.1) is 23.0 Å². The van der Waals surface area contributed by atoms with E-state index in [9.17, 15) is 18.7 Å². The lowest BCUT2D eigenvalue weighted by molar-refractivity contribution is -0.151. The normalized spacial score (nSPS) is 23.4. The van der Waals surface area contributed by atoms with E-state index in [1.165, 1.54) is 18.2 Å².